The van der Waals surface area contributed by atoms with Crippen LogP contribution in [0.5, 0.6) is 0 Å². The first kappa shape index (κ1) is 11.6. The summed E-state index contributed by atoms with van der Waals surface area (Å²) in [6.07, 6.45) is 0.463. The van der Waals surface area contributed by atoms with Crippen molar-refractivity contribution in [3.05, 3.63) is 54.1 Å². The molecule has 0 radical (unpaired) electrons. The maximum atomic E-state index is 9.19. The largest absolute Gasteiger partial charge is 0.311 e. The van der Waals surface area contributed by atoms with Gasteiger partial charge in [-0.25, -0.2) is 4.99 Å². The summed E-state index contributed by atoms with van der Waals surface area (Å²) in [5.41, 5.74) is 3.28. The molecule has 0 unspecified atom stereocenters. The Morgan fingerprint density at radius 2 is 1.95 bits per heavy atom. The molecular weight excluding hydrogens is 266 g/mol. The lowest BCUT2D eigenvalue weighted by molar-refractivity contribution is 0.725. The predicted molar refractivity (Wildman–Crippen MR) is 81.3 cm³/mol. The van der Waals surface area contributed by atoms with Crippen LogP contribution in [0.15, 0.2) is 58.4 Å². The van der Waals surface area contributed by atoms with Gasteiger partial charge in [0.25, 0.3) is 0 Å². The Labute approximate surface area is 121 Å². The fourth-order valence-electron chi connectivity index (χ4n) is 2.77. The van der Waals surface area contributed by atoms with Crippen LogP contribution < -0.4 is 4.90 Å². The zero-order chi connectivity index (χ0) is 13.5. The lowest BCUT2D eigenvalue weighted by atomic mass is 9.99. The van der Waals surface area contributed by atoms with E-state index in [1.54, 1.807) is 11.8 Å². The average Bonchev–Trinajstić information content (AvgIpc) is 2.85. The minimum atomic E-state index is 0.0554. The van der Waals surface area contributed by atoms with Gasteiger partial charge in [0, 0.05) is 10.5 Å². The van der Waals surface area contributed by atoms with Crippen LogP contribution in [-0.4, -0.2) is 5.17 Å². The third-order valence-electron chi connectivity index (χ3n) is 3.64. The lowest BCUT2D eigenvalue weighted by Gasteiger charge is -2.32. The highest BCUT2D eigenvalue weighted by molar-refractivity contribution is 8.14. The molecule has 2 aliphatic heterocycles. The van der Waals surface area contributed by atoms with Gasteiger partial charge in [-0.2, -0.15) is 5.26 Å². The normalized spacial score (nSPS) is 18.6. The van der Waals surface area contributed by atoms with Crippen LogP contribution in [0.2, 0.25) is 0 Å². The Kier molecular flexibility index (Phi) is 2.54. The zero-order valence-corrected chi connectivity index (χ0v) is 11.5. The van der Waals surface area contributed by atoms with Crippen molar-refractivity contribution in [1.82, 2.24) is 0 Å². The third kappa shape index (κ3) is 1.57. The Hall–Kier alpha value is -2.25. The van der Waals surface area contributed by atoms with E-state index in [0.29, 0.717) is 6.42 Å². The molecule has 0 amide bonds. The van der Waals surface area contributed by atoms with Crippen molar-refractivity contribution >= 4 is 28.3 Å². The molecule has 0 saturated carbocycles. The van der Waals surface area contributed by atoms with Gasteiger partial charge < -0.3 is 4.90 Å². The SMILES string of the molecule is N#CC[C@H]1c2ccccc2N=C2Sc3ccccc3N21. The highest BCUT2D eigenvalue weighted by Crippen LogP contribution is 2.49. The van der Waals surface area contributed by atoms with Gasteiger partial charge in [-0.15, -0.1) is 0 Å². The van der Waals surface area contributed by atoms with Crippen LogP contribution in [0.1, 0.15) is 18.0 Å². The van der Waals surface area contributed by atoms with Crippen molar-refractivity contribution in [2.24, 2.45) is 4.99 Å². The molecule has 2 aromatic carbocycles. The summed E-state index contributed by atoms with van der Waals surface area (Å²) >= 11 is 1.68. The Bertz CT molecular complexity index is 760. The average molecular weight is 277 g/mol. The van der Waals surface area contributed by atoms with E-state index in [1.165, 1.54) is 4.90 Å². The molecule has 0 aliphatic carbocycles. The molecule has 0 spiro atoms. The molecule has 20 heavy (non-hydrogen) atoms. The fourth-order valence-corrected chi connectivity index (χ4v) is 3.85. The Balaban J connectivity index is 1.92. The number of hydrogen-bond acceptors (Lipinski definition) is 4. The highest BCUT2D eigenvalue weighted by atomic mass is 32.2. The van der Waals surface area contributed by atoms with E-state index in [4.69, 9.17) is 4.99 Å². The number of benzene rings is 2. The van der Waals surface area contributed by atoms with E-state index in [2.05, 4.69) is 29.2 Å². The van der Waals surface area contributed by atoms with Crippen molar-refractivity contribution in [3.8, 4) is 6.07 Å². The van der Waals surface area contributed by atoms with Gasteiger partial charge in [0.05, 0.1) is 29.9 Å². The first-order valence-electron chi connectivity index (χ1n) is 6.49. The van der Waals surface area contributed by atoms with Crippen LogP contribution >= 0.6 is 11.8 Å². The fraction of sp³-hybridized carbons (Fsp3) is 0.125. The molecule has 0 fully saturated rings. The molecule has 4 heteroatoms. The summed E-state index contributed by atoms with van der Waals surface area (Å²) in [6, 6.07) is 18.8. The van der Waals surface area contributed by atoms with Crippen molar-refractivity contribution in [3.63, 3.8) is 0 Å². The third-order valence-corrected chi connectivity index (χ3v) is 4.68. The molecule has 0 N–H and O–H groups in total. The lowest BCUT2D eigenvalue weighted by Crippen LogP contribution is -2.32. The number of aliphatic imine (C=N–C) groups is 1. The molecule has 1 atom stereocenters. The quantitative estimate of drug-likeness (QED) is 0.782. The monoisotopic (exact) mass is 277 g/mol. The molecule has 96 valence electrons. The van der Waals surface area contributed by atoms with Gasteiger partial charge in [-0.05, 0) is 30.0 Å². The van der Waals surface area contributed by atoms with Crippen LogP contribution in [-0.2, 0) is 0 Å². The molecule has 2 aromatic rings. The maximum absolute atomic E-state index is 9.19. The zero-order valence-electron chi connectivity index (χ0n) is 10.7. The minimum absolute atomic E-state index is 0.0554. The molecule has 3 nitrogen and oxygen atoms in total. The number of rotatable bonds is 1. The number of para-hydroxylation sites is 2. The van der Waals surface area contributed by atoms with Gasteiger partial charge in [0.15, 0.2) is 5.17 Å². The molecular formula is C16H11N3S. The van der Waals surface area contributed by atoms with E-state index in [9.17, 15) is 5.26 Å². The summed E-state index contributed by atoms with van der Waals surface area (Å²) in [4.78, 5) is 8.16. The van der Waals surface area contributed by atoms with Gasteiger partial charge in [0.1, 0.15) is 0 Å². The topological polar surface area (TPSA) is 39.4 Å². The second kappa shape index (κ2) is 4.39. The van der Waals surface area contributed by atoms with Crippen LogP contribution in [0.25, 0.3) is 0 Å². The maximum Gasteiger partial charge on any atom is 0.174 e. The van der Waals surface area contributed by atoms with E-state index in [-0.39, 0.29) is 6.04 Å². The molecule has 4 rings (SSSR count). The number of hydrogen-bond donors (Lipinski definition) is 0. The Morgan fingerprint density at radius 3 is 2.85 bits per heavy atom. The first-order chi connectivity index (χ1) is 9.88. The molecule has 0 aromatic heterocycles. The smallest absolute Gasteiger partial charge is 0.174 e. The number of anilines is 1. The van der Waals surface area contributed by atoms with Crippen molar-refractivity contribution in [1.29, 1.82) is 5.26 Å². The predicted octanol–water partition coefficient (Wildman–Crippen LogP) is 4.25. The minimum Gasteiger partial charge on any atom is -0.311 e. The summed E-state index contributed by atoms with van der Waals surface area (Å²) in [6.45, 7) is 0. The number of amidine groups is 1. The molecule has 2 heterocycles. The number of nitriles is 1. The van der Waals surface area contributed by atoms with E-state index in [1.807, 2.05) is 30.3 Å². The van der Waals surface area contributed by atoms with Crippen LogP contribution in [0.4, 0.5) is 11.4 Å². The van der Waals surface area contributed by atoms with Crippen molar-refractivity contribution in [2.75, 3.05) is 4.90 Å². The second-order valence-electron chi connectivity index (χ2n) is 4.77. The van der Waals surface area contributed by atoms with Crippen LogP contribution in [0.3, 0.4) is 0 Å². The number of thioether (sulfide) groups is 1. The number of fused-ring (bicyclic) bond motifs is 4. The molecule has 0 saturated heterocycles. The van der Waals surface area contributed by atoms with Gasteiger partial charge in [-0.3, -0.25) is 0 Å². The van der Waals surface area contributed by atoms with E-state index in [0.717, 1.165) is 22.1 Å². The molecule has 2 aliphatic rings. The highest BCUT2D eigenvalue weighted by Gasteiger charge is 2.36. The van der Waals surface area contributed by atoms with Crippen LogP contribution in [0, 0.1) is 11.3 Å². The summed E-state index contributed by atoms with van der Waals surface area (Å²) < 4.78 is 0. The van der Waals surface area contributed by atoms with E-state index < -0.39 is 0 Å². The standard InChI is InChI=1S/C16H11N3S/c17-10-9-13-11-5-1-2-6-12(11)18-16-19(13)14-7-3-4-8-15(14)20-16/h1-8,13H,9H2/t13-/m0/s1. The molecule has 0 bridgehead atoms. The van der Waals surface area contributed by atoms with Gasteiger partial charge in [-0.1, -0.05) is 30.3 Å². The Morgan fingerprint density at radius 1 is 1.15 bits per heavy atom. The van der Waals surface area contributed by atoms with E-state index >= 15 is 0 Å². The summed E-state index contributed by atoms with van der Waals surface area (Å²) in [5, 5.41) is 10.2. The number of nitrogens with zero attached hydrogens (tertiary/aromatic N) is 3. The summed E-state index contributed by atoms with van der Waals surface area (Å²) in [5.74, 6) is 0. The van der Waals surface area contributed by atoms with Crippen molar-refractivity contribution < 1.29 is 0 Å². The second-order valence-corrected chi connectivity index (χ2v) is 5.78. The first-order valence-corrected chi connectivity index (χ1v) is 7.31. The van der Waals surface area contributed by atoms with Gasteiger partial charge in [0.2, 0.25) is 0 Å². The van der Waals surface area contributed by atoms with Crippen molar-refractivity contribution in [2.45, 2.75) is 17.4 Å². The van der Waals surface area contributed by atoms with Gasteiger partial charge >= 0.3 is 0 Å². The summed E-state index contributed by atoms with van der Waals surface area (Å²) in [7, 11) is 0.